The number of fused-ring (bicyclic) bond motifs is 1. The van der Waals surface area contributed by atoms with Gasteiger partial charge in [0.25, 0.3) is 0 Å². The first-order valence-electron chi connectivity index (χ1n) is 8.80. The van der Waals surface area contributed by atoms with Crippen molar-refractivity contribution in [2.75, 3.05) is 5.32 Å². The summed E-state index contributed by atoms with van der Waals surface area (Å²) in [7, 11) is 3.80. The van der Waals surface area contributed by atoms with E-state index in [-0.39, 0.29) is 0 Å². The van der Waals surface area contributed by atoms with Crippen molar-refractivity contribution >= 4 is 28.1 Å². The third-order valence-electron chi connectivity index (χ3n) is 4.43. The number of hydrogen-bond acceptors (Lipinski definition) is 7. The van der Waals surface area contributed by atoms with Crippen LogP contribution < -0.4 is 5.32 Å². The van der Waals surface area contributed by atoms with Crippen LogP contribution in [0, 0.1) is 6.92 Å². The molecule has 27 heavy (non-hydrogen) atoms. The number of anilines is 1. The third-order valence-corrected chi connectivity index (χ3v) is 5.38. The number of aryl methyl sites for hydroxylation is 3. The van der Waals surface area contributed by atoms with Gasteiger partial charge in [0.15, 0.2) is 11.5 Å². The van der Waals surface area contributed by atoms with Crippen LogP contribution in [0.4, 0.5) is 5.69 Å². The van der Waals surface area contributed by atoms with Gasteiger partial charge in [-0.3, -0.25) is 9.36 Å². The molecule has 0 atom stereocenters. The highest BCUT2D eigenvalue weighted by atomic mass is 32.1. The van der Waals surface area contributed by atoms with Gasteiger partial charge in [0, 0.05) is 19.8 Å². The summed E-state index contributed by atoms with van der Waals surface area (Å²) in [5.74, 6) is 1.04. The molecule has 4 heterocycles. The minimum atomic E-state index is 0.292. The van der Waals surface area contributed by atoms with E-state index in [0.717, 1.165) is 44.5 Å². The molecule has 4 rings (SSSR count). The molecule has 4 aromatic heterocycles. The van der Waals surface area contributed by atoms with E-state index in [1.54, 1.807) is 22.3 Å². The number of nitrogens with one attached hydrogen (secondary N) is 1. The summed E-state index contributed by atoms with van der Waals surface area (Å²) in [4.78, 5) is 14.6. The Kier molecular flexibility index (Phi) is 4.39. The summed E-state index contributed by atoms with van der Waals surface area (Å²) < 4.78 is 3.56. The van der Waals surface area contributed by atoms with E-state index in [9.17, 15) is 0 Å². The lowest BCUT2D eigenvalue weighted by molar-refractivity contribution is 0.724. The van der Waals surface area contributed by atoms with E-state index >= 15 is 0 Å². The Morgan fingerprint density at radius 3 is 2.63 bits per heavy atom. The normalized spacial score (nSPS) is 11.6. The molecule has 1 N–H and O–H groups in total. The van der Waals surface area contributed by atoms with Crippen molar-refractivity contribution in [2.24, 2.45) is 14.1 Å². The first-order valence-corrected chi connectivity index (χ1v) is 9.68. The Balaban J connectivity index is 1.85. The second kappa shape index (κ2) is 6.73. The predicted octanol–water partition coefficient (Wildman–Crippen LogP) is 3.26. The minimum absolute atomic E-state index is 0.292. The number of pyridine rings is 1. The second-order valence-corrected chi connectivity index (χ2v) is 7.73. The molecule has 0 spiro atoms. The highest BCUT2D eigenvalue weighted by Gasteiger charge is 2.20. The van der Waals surface area contributed by atoms with Crippen LogP contribution in [-0.4, -0.2) is 34.5 Å². The van der Waals surface area contributed by atoms with Gasteiger partial charge in [-0.05, 0) is 18.9 Å². The van der Waals surface area contributed by atoms with Gasteiger partial charge in [-0.25, -0.2) is 15.0 Å². The van der Waals surface area contributed by atoms with Crippen molar-refractivity contribution in [3.8, 4) is 10.6 Å². The van der Waals surface area contributed by atoms with Crippen LogP contribution in [0.3, 0.4) is 0 Å². The highest BCUT2D eigenvalue weighted by molar-refractivity contribution is 7.13. The average molecular weight is 382 g/mol. The fourth-order valence-electron chi connectivity index (χ4n) is 3.12. The average Bonchev–Trinajstić information content (AvgIpc) is 3.32. The van der Waals surface area contributed by atoms with Crippen LogP contribution >= 0.6 is 11.3 Å². The van der Waals surface area contributed by atoms with Crippen LogP contribution in [0.2, 0.25) is 0 Å². The van der Waals surface area contributed by atoms with Gasteiger partial charge >= 0.3 is 0 Å². The van der Waals surface area contributed by atoms with Crippen molar-refractivity contribution in [2.45, 2.75) is 33.2 Å². The Hall–Kier alpha value is -2.81. The molecule has 9 heteroatoms. The summed E-state index contributed by atoms with van der Waals surface area (Å²) in [6, 6.07) is 2.08. The van der Waals surface area contributed by atoms with Gasteiger partial charge in [-0.15, -0.1) is 11.3 Å². The molecule has 0 saturated carbocycles. The smallest absolute Gasteiger partial charge is 0.169 e. The molecule has 0 fully saturated rings. The number of hydrogen-bond donors (Lipinski definition) is 1. The van der Waals surface area contributed by atoms with Crippen LogP contribution in [0.15, 0.2) is 17.9 Å². The van der Waals surface area contributed by atoms with Gasteiger partial charge < -0.3 is 5.32 Å². The van der Waals surface area contributed by atoms with Crippen molar-refractivity contribution < 1.29 is 0 Å². The van der Waals surface area contributed by atoms with Gasteiger partial charge in [-0.2, -0.15) is 10.2 Å². The lowest BCUT2D eigenvalue weighted by Crippen LogP contribution is -2.04. The Morgan fingerprint density at radius 1 is 1.19 bits per heavy atom. The van der Waals surface area contributed by atoms with E-state index in [1.807, 2.05) is 31.2 Å². The Labute approximate surface area is 161 Å². The maximum atomic E-state index is 4.90. The molecule has 0 radical (unpaired) electrons. The van der Waals surface area contributed by atoms with Gasteiger partial charge in [0.1, 0.15) is 6.33 Å². The lowest BCUT2D eigenvalue weighted by atomic mass is 10.1. The number of aromatic nitrogens is 7. The standard InChI is InChI=1S/C18H22N8S/c1-10(2)16-15-12(19-7-14-20-8-25(4)23-14)6-13(17-11(3)21-9-27-17)22-18(15)26(5)24-16/h6,8-10H,7H2,1-5H3,(H,19,22). The molecule has 0 saturated heterocycles. The molecule has 0 aliphatic carbocycles. The Bertz CT molecular complexity index is 1100. The molecule has 140 valence electrons. The monoisotopic (exact) mass is 382 g/mol. The summed E-state index contributed by atoms with van der Waals surface area (Å²) in [6.07, 6.45) is 1.70. The summed E-state index contributed by atoms with van der Waals surface area (Å²) in [5, 5.41) is 13.6. The number of nitrogens with zero attached hydrogens (tertiary/aromatic N) is 7. The van der Waals surface area contributed by atoms with E-state index in [1.165, 1.54) is 0 Å². The maximum Gasteiger partial charge on any atom is 0.169 e. The maximum absolute atomic E-state index is 4.90. The van der Waals surface area contributed by atoms with Crippen molar-refractivity contribution in [3.05, 3.63) is 35.1 Å². The largest absolute Gasteiger partial charge is 0.377 e. The molecule has 0 aliphatic rings. The van der Waals surface area contributed by atoms with Crippen molar-refractivity contribution in [1.82, 2.24) is 34.5 Å². The van der Waals surface area contributed by atoms with Gasteiger partial charge in [-0.1, -0.05) is 13.8 Å². The Morgan fingerprint density at radius 2 is 2.00 bits per heavy atom. The van der Waals surface area contributed by atoms with Crippen LogP contribution in [0.5, 0.6) is 0 Å². The van der Waals surface area contributed by atoms with E-state index in [2.05, 4.69) is 40.3 Å². The highest BCUT2D eigenvalue weighted by Crippen LogP contribution is 2.35. The summed E-state index contributed by atoms with van der Waals surface area (Å²) in [5.41, 5.74) is 6.62. The van der Waals surface area contributed by atoms with Crippen LogP contribution in [0.25, 0.3) is 21.6 Å². The molecule has 8 nitrogen and oxygen atoms in total. The summed E-state index contributed by atoms with van der Waals surface area (Å²) in [6.45, 7) is 6.83. The molecule has 0 amide bonds. The first kappa shape index (κ1) is 17.6. The predicted molar refractivity (Wildman–Crippen MR) is 107 cm³/mol. The van der Waals surface area contributed by atoms with Crippen molar-refractivity contribution in [3.63, 3.8) is 0 Å². The molecular weight excluding hydrogens is 360 g/mol. The molecule has 4 aromatic rings. The van der Waals surface area contributed by atoms with E-state index in [4.69, 9.17) is 10.1 Å². The van der Waals surface area contributed by atoms with Crippen LogP contribution in [-0.2, 0) is 20.6 Å². The fraction of sp³-hybridized carbons (Fsp3) is 0.389. The fourth-order valence-corrected chi connectivity index (χ4v) is 3.89. The number of rotatable bonds is 5. The first-order chi connectivity index (χ1) is 12.9. The molecule has 0 aromatic carbocycles. The van der Waals surface area contributed by atoms with Gasteiger partial charge in [0.05, 0.1) is 39.4 Å². The SMILES string of the molecule is Cc1ncsc1-c1cc(NCc2ncn(C)n2)c2c(C(C)C)nn(C)c2n1. The van der Waals surface area contributed by atoms with Gasteiger partial charge in [0.2, 0.25) is 0 Å². The lowest BCUT2D eigenvalue weighted by Gasteiger charge is -2.11. The molecular formula is C18H22N8S. The van der Waals surface area contributed by atoms with E-state index in [0.29, 0.717) is 12.5 Å². The van der Waals surface area contributed by atoms with Crippen molar-refractivity contribution in [1.29, 1.82) is 0 Å². The molecule has 0 bridgehead atoms. The molecule has 0 unspecified atom stereocenters. The zero-order valence-corrected chi connectivity index (χ0v) is 16.9. The zero-order valence-electron chi connectivity index (χ0n) is 16.1. The number of thiazole rings is 1. The summed E-state index contributed by atoms with van der Waals surface area (Å²) >= 11 is 1.60. The topological polar surface area (TPSA) is 86.3 Å². The third kappa shape index (κ3) is 3.18. The molecule has 0 aliphatic heterocycles. The zero-order chi connectivity index (χ0) is 19.1. The van der Waals surface area contributed by atoms with E-state index < -0.39 is 0 Å². The minimum Gasteiger partial charge on any atom is -0.377 e. The van der Waals surface area contributed by atoms with Crippen LogP contribution in [0.1, 0.15) is 37.0 Å². The quantitative estimate of drug-likeness (QED) is 0.570. The second-order valence-electron chi connectivity index (χ2n) is 6.87.